The molecule has 0 aromatic heterocycles. The molecule has 0 radical (unpaired) electrons. The third kappa shape index (κ3) is 6.75. The van der Waals surface area contributed by atoms with Crippen LogP contribution in [0.1, 0.15) is 29.8 Å². The van der Waals surface area contributed by atoms with Crippen molar-refractivity contribution in [1.29, 1.82) is 0 Å². The highest BCUT2D eigenvalue weighted by Crippen LogP contribution is 2.27. The molecule has 0 unspecified atom stereocenters. The van der Waals surface area contributed by atoms with E-state index in [4.69, 9.17) is 4.99 Å². The first kappa shape index (κ1) is 24.8. The molecule has 0 atom stereocenters. The van der Waals surface area contributed by atoms with Crippen LogP contribution in [0.5, 0.6) is 5.75 Å². The summed E-state index contributed by atoms with van der Waals surface area (Å²) in [5.41, 5.74) is 2.54. The van der Waals surface area contributed by atoms with Crippen molar-refractivity contribution in [3.8, 4) is 5.75 Å². The molecule has 1 aliphatic rings. The topological polar surface area (TPSA) is 80.2 Å². The van der Waals surface area contributed by atoms with Gasteiger partial charge in [-0.3, -0.25) is 4.79 Å². The monoisotopic (exact) mass is 537 g/mol. The summed E-state index contributed by atoms with van der Waals surface area (Å²) in [6.07, 6.45) is 0. The minimum Gasteiger partial charge on any atom is -0.506 e. The Kier molecular flexibility index (Phi) is 9.90. The Labute approximate surface area is 201 Å². The van der Waals surface area contributed by atoms with E-state index in [2.05, 4.69) is 27.4 Å². The summed E-state index contributed by atoms with van der Waals surface area (Å²) >= 11 is 0. The van der Waals surface area contributed by atoms with Gasteiger partial charge in [0.2, 0.25) is 0 Å². The lowest BCUT2D eigenvalue weighted by atomic mass is 10.1. The number of aromatic hydroxyl groups is 1. The van der Waals surface area contributed by atoms with Crippen molar-refractivity contribution in [2.24, 2.45) is 4.99 Å². The third-order valence-electron chi connectivity index (χ3n) is 5.07. The number of rotatable bonds is 6. The summed E-state index contributed by atoms with van der Waals surface area (Å²) in [6.45, 7) is 9.14. The summed E-state index contributed by atoms with van der Waals surface area (Å²) in [4.78, 5) is 21.3. The van der Waals surface area contributed by atoms with Gasteiger partial charge in [-0.1, -0.05) is 24.3 Å². The van der Waals surface area contributed by atoms with Crippen LogP contribution < -0.4 is 15.5 Å². The number of para-hydroxylation sites is 2. The normalized spacial score (nSPS) is 14.1. The summed E-state index contributed by atoms with van der Waals surface area (Å²) in [6, 6.07) is 15.1. The molecule has 0 bridgehead atoms. The fourth-order valence-corrected chi connectivity index (χ4v) is 3.56. The van der Waals surface area contributed by atoms with Gasteiger partial charge in [-0.2, -0.15) is 0 Å². The summed E-state index contributed by atoms with van der Waals surface area (Å²) < 4.78 is 0. The van der Waals surface area contributed by atoms with Gasteiger partial charge in [-0.25, -0.2) is 4.99 Å². The molecule has 2 aromatic carbocycles. The fourth-order valence-electron chi connectivity index (χ4n) is 3.56. The van der Waals surface area contributed by atoms with Crippen molar-refractivity contribution < 1.29 is 9.90 Å². The van der Waals surface area contributed by atoms with Crippen LogP contribution in [0.2, 0.25) is 0 Å². The Morgan fingerprint density at radius 3 is 2.39 bits per heavy atom. The van der Waals surface area contributed by atoms with Crippen LogP contribution >= 0.6 is 24.0 Å². The van der Waals surface area contributed by atoms with Gasteiger partial charge in [0.25, 0.3) is 5.91 Å². The zero-order chi connectivity index (χ0) is 21.3. The number of anilines is 1. The number of phenolic OH excluding ortho intramolecular Hbond substituents is 1. The number of nitrogens with zero attached hydrogens (tertiary/aromatic N) is 3. The third-order valence-corrected chi connectivity index (χ3v) is 5.07. The second-order valence-corrected chi connectivity index (χ2v) is 7.19. The molecule has 1 aliphatic heterocycles. The second-order valence-electron chi connectivity index (χ2n) is 7.19. The zero-order valence-corrected chi connectivity index (χ0v) is 20.5. The number of halogens is 1. The molecule has 7 nitrogen and oxygen atoms in total. The molecule has 168 valence electrons. The lowest BCUT2D eigenvalue weighted by molar-refractivity contribution is 0.0955. The number of guanidine groups is 1. The molecular weight excluding hydrogens is 505 g/mol. The molecule has 0 spiro atoms. The van der Waals surface area contributed by atoms with E-state index >= 15 is 0 Å². The van der Waals surface area contributed by atoms with Crippen LogP contribution in [-0.4, -0.2) is 61.1 Å². The SMILES string of the molecule is CCNC(=O)c1cccc(CN=C(NCC)N2CCN(c3ccccc3O)CC2)c1.I. The maximum Gasteiger partial charge on any atom is 0.251 e. The van der Waals surface area contributed by atoms with E-state index in [1.54, 1.807) is 6.07 Å². The highest BCUT2D eigenvalue weighted by molar-refractivity contribution is 14.0. The Bertz CT molecular complexity index is 882. The number of carbonyl (C=O) groups excluding carboxylic acids is 1. The number of piperazine rings is 1. The summed E-state index contributed by atoms with van der Waals surface area (Å²) in [7, 11) is 0. The number of aliphatic imine (C=N–C) groups is 1. The lowest BCUT2D eigenvalue weighted by Gasteiger charge is -2.37. The molecule has 1 saturated heterocycles. The molecule has 8 heteroatoms. The summed E-state index contributed by atoms with van der Waals surface area (Å²) in [5.74, 6) is 1.13. The lowest BCUT2D eigenvalue weighted by Crippen LogP contribution is -2.52. The van der Waals surface area contributed by atoms with Crippen molar-refractivity contribution in [1.82, 2.24) is 15.5 Å². The first-order valence-corrected chi connectivity index (χ1v) is 10.6. The van der Waals surface area contributed by atoms with Gasteiger partial charge in [0.15, 0.2) is 5.96 Å². The van der Waals surface area contributed by atoms with E-state index < -0.39 is 0 Å². The van der Waals surface area contributed by atoms with E-state index in [-0.39, 0.29) is 29.9 Å². The molecular formula is C23H32IN5O2. The number of hydrogen-bond donors (Lipinski definition) is 3. The van der Waals surface area contributed by atoms with Crippen molar-refractivity contribution >= 4 is 41.5 Å². The van der Waals surface area contributed by atoms with Gasteiger partial charge < -0.3 is 25.5 Å². The van der Waals surface area contributed by atoms with Gasteiger partial charge in [0.05, 0.1) is 12.2 Å². The van der Waals surface area contributed by atoms with Crippen molar-refractivity contribution in [2.75, 3.05) is 44.2 Å². The predicted molar refractivity (Wildman–Crippen MR) is 137 cm³/mol. The van der Waals surface area contributed by atoms with Crippen molar-refractivity contribution in [3.05, 3.63) is 59.7 Å². The smallest absolute Gasteiger partial charge is 0.251 e. The van der Waals surface area contributed by atoms with Gasteiger partial charge in [-0.05, 0) is 43.7 Å². The summed E-state index contributed by atoms with van der Waals surface area (Å²) in [5, 5.41) is 16.3. The largest absolute Gasteiger partial charge is 0.506 e. The van der Waals surface area contributed by atoms with Crippen LogP contribution in [-0.2, 0) is 6.54 Å². The molecule has 3 N–H and O–H groups in total. The van der Waals surface area contributed by atoms with Gasteiger partial charge in [-0.15, -0.1) is 24.0 Å². The standard InChI is InChI=1S/C23H31N5O2.HI/c1-3-24-22(30)19-9-7-8-18(16-19)17-26-23(25-4-2)28-14-12-27(13-15-28)20-10-5-6-11-21(20)29;/h5-11,16,29H,3-4,12-15,17H2,1-2H3,(H,24,30)(H,25,26);1H. The molecule has 3 rings (SSSR count). The van der Waals surface area contributed by atoms with Crippen LogP contribution in [0.3, 0.4) is 0 Å². The Hall–Kier alpha value is -2.49. The fraction of sp³-hybridized carbons (Fsp3) is 0.391. The van der Waals surface area contributed by atoms with E-state index in [0.29, 0.717) is 24.4 Å². The Morgan fingerprint density at radius 1 is 1.00 bits per heavy atom. The van der Waals surface area contributed by atoms with Gasteiger partial charge in [0, 0.05) is 44.8 Å². The quantitative estimate of drug-likeness (QED) is 0.300. The zero-order valence-electron chi connectivity index (χ0n) is 18.2. The first-order chi connectivity index (χ1) is 14.6. The molecule has 0 saturated carbocycles. The minimum absolute atomic E-state index is 0. The van der Waals surface area contributed by atoms with Crippen LogP contribution in [0.15, 0.2) is 53.5 Å². The maximum atomic E-state index is 12.1. The Morgan fingerprint density at radius 2 is 1.71 bits per heavy atom. The van der Waals surface area contributed by atoms with Crippen LogP contribution in [0, 0.1) is 0 Å². The molecule has 31 heavy (non-hydrogen) atoms. The van der Waals surface area contributed by atoms with Gasteiger partial charge in [0.1, 0.15) is 5.75 Å². The first-order valence-electron chi connectivity index (χ1n) is 10.6. The number of carbonyl (C=O) groups is 1. The molecule has 1 fully saturated rings. The Balaban J connectivity index is 0.00000341. The average molecular weight is 537 g/mol. The van der Waals surface area contributed by atoms with E-state index in [1.165, 1.54) is 0 Å². The van der Waals surface area contributed by atoms with Crippen molar-refractivity contribution in [2.45, 2.75) is 20.4 Å². The number of amides is 1. The van der Waals surface area contributed by atoms with Crippen LogP contribution in [0.4, 0.5) is 5.69 Å². The second kappa shape index (κ2) is 12.4. The number of hydrogen-bond acceptors (Lipinski definition) is 4. The minimum atomic E-state index is -0.0597. The molecule has 1 heterocycles. The number of phenols is 1. The maximum absolute atomic E-state index is 12.1. The predicted octanol–water partition coefficient (Wildman–Crippen LogP) is 3.05. The van der Waals surface area contributed by atoms with Crippen molar-refractivity contribution in [3.63, 3.8) is 0 Å². The average Bonchev–Trinajstić information content (AvgIpc) is 2.77. The van der Waals surface area contributed by atoms with E-state index in [1.807, 2.05) is 49.4 Å². The highest BCUT2D eigenvalue weighted by Gasteiger charge is 2.21. The van der Waals surface area contributed by atoms with Crippen LogP contribution in [0.25, 0.3) is 0 Å². The highest BCUT2D eigenvalue weighted by atomic mass is 127. The van der Waals surface area contributed by atoms with E-state index in [9.17, 15) is 9.90 Å². The van der Waals surface area contributed by atoms with Gasteiger partial charge >= 0.3 is 0 Å². The number of benzene rings is 2. The van der Waals surface area contributed by atoms with E-state index in [0.717, 1.165) is 49.9 Å². The molecule has 2 aromatic rings. The number of nitrogens with one attached hydrogen (secondary N) is 2. The molecule has 1 amide bonds. The molecule has 0 aliphatic carbocycles.